The molecule has 1 atom stereocenters. The van der Waals surface area contributed by atoms with Crippen molar-refractivity contribution >= 4 is 23.5 Å². The highest BCUT2D eigenvalue weighted by Crippen LogP contribution is 2.27. The minimum absolute atomic E-state index is 0.200. The number of imide groups is 1. The van der Waals surface area contributed by atoms with Gasteiger partial charge in [0.2, 0.25) is 5.91 Å². The summed E-state index contributed by atoms with van der Waals surface area (Å²) < 4.78 is 0. The summed E-state index contributed by atoms with van der Waals surface area (Å²) in [6.45, 7) is 2.29. The number of fused-ring (bicyclic) bond motifs is 1. The van der Waals surface area contributed by atoms with Gasteiger partial charge in [-0.05, 0) is 29.8 Å². The van der Waals surface area contributed by atoms with Crippen molar-refractivity contribution in [2.75, 3.05) is 31.1 Å². The fourth-order valence-electron chi connectivity index (χ4n) is 4.52. The van der Waals surface area contributed by atoms with E-state index in [0.717, 1.165) is 16.3 Å². The van der Waals surface area contributed by atoms with E-state index in [2.05, 4.69) is 9.88 Å². The van der Waals surface area contributed by atoms with Crippen molar-refractivity contribution in [3.8, 4) is 0 Å². The summed E-state index contributed by atoms with van der Waals surface area (Å²) in [6.07, 6.45) is 2.04. The Morgan fingerprint density at radius 2 is 1.39 bits per heavy atom. The molecule has 3 amide bonds. The maximum Gasteiger partial charge on any atom is 0.262 e. The number of nitrogens with zero attached hydrogens (tertiary/aromatic N) is 4. The van der Waals surface area contributed by atoms with Crippen LogP contribution in [0.25, 0.3) is 0 Å². The van der Waals surface area contributed by atoms with E-state index >= 15 is 0 Å². The normalized spacial score (nSPS) is 16.7. The second-order valence-corrected chi connectivity index (χ2v) is 8.23. The summed E-state index contributed by atoms with van der Waals surface area (Å²) in [5.41, 5.74) is 1.61. The average molecular weight is 441 g/mol. The summed E-state index contributed by atoms with van der Waals surface area (Å²) in [5.74, 6) is -0.131. The topological polar surface area (TPSA) is 73.8 Å². The fraction of sp³-hybridized carbons (Fsp3) is 0.231. The lowest BCUT2D eigenvalue weighted by Gasteiger charge is -2.38. The Bertz CT molecular complexity index is 1140. The Balaban J connectivity index is 1.39. The molecular formula is C26H24N4O3. The van der Waals surface area contributed by atoms with Crippen molar-refractivity contribution in [3.63, 3.8) is 0 Å². The predicted octanol–water partition coefficient (Wildman–Crippen LogP) is 2.64. The summed E-state index contributed by atoms with van der Waals surface area (Å²) in [5, 5.41) is 0. The molecule has 1 aromatic heterocycles. The van der Waals surface area contributed by atoms with Gasteiger partial charge in [0.05, 0.1) is 11.1 Å². The molecule has 0 aliphatic carbocycles. The summed E-state index contributed by atoms with van der Waals surface area (Å²) in [6, 6.07) is 21.2. The van der Waals surface area contributed by atoms with Crippen molar-refractivity contribution in [1.82, 2.24) is 14.8 Å². The zero-order valence-electron chi connectivity index (χ0n) is 18.1. The van der Waals surface area contributed by atoms with Crippen LogP contribution in [-0.2, 0) is 11.2 Å². The smallest absolute Gasteiger partial charge is 0.262 e. The van der Waals surface area contributed by atoms with E-state index in [9.17, 15) is 14.4 Å². The molecule has 1 saturated heterocycles. The minimum atomic E-state index is -0.888. The number of rotatable bonds is 5. The maximum atomic E-state index is 13.7. The van der Waals surface area contributed by atoms with E-state index in [1.54, 1.807) is 35.4 Å². The Kier molecular flexibility index (Phi) is 5.60. The fourth-order valence-corrected chi connectivity index (χ4v) is 4.52. The van der Waals surface area contributed by atoms with Crippen LogP contribution >= 0.6 is 0 Å². The molecule has 166 valence electrons. The molecule has 2 aliphatic heterocycles. The number of aromatic nitrogens is 1. The zero-order valence-corrected chi connectivity index (χ0v) is 18.1. The second kappa shape index (κ2) is 8.86. The highest BCUT2D eigenvalue weighted by atomic mass is 16.2. The number of hydrogen-bond donors (Lipinski definition) is 0. The number of amides is 3. The van der Waals surface area contributed by atoms with E-state index in [4.69, 9.17) is 0 Å². The van der Waals surface area contributed by atoms with Crippen LogP contribution in [-0.4, -0.2) is 64.7 Å². The molecular weight excluding hydrogens is 416 g/mol. The molecule has 0 spiro atoms. The van der Waals surface area contributed by atoms with E-state index in [1.165, 1.54) is 0 Å². The number of hydrogen-bond acceptors (Lipinski definition) is 5. The van der Waals surface area contributed by atoms with Crippen molar-refractivity contribution < 1.29 is 14.4 Å². The lowest BCUT2D eigenvalue weighted by Crippen LogP contribution is -2.56. The standard InChI is InChI=1S/C26H24N4O3/c31-24-20-10-4-5-11-21(20)25(32)30(24)22(18-19-8-2-1-3-9-19)26(33)29-16-14-28(15-17-29)23-12-6-7-13-27-23/h1-13,22H,14-18H2. The van der Waals surface area contributed by atoms with E-state index in [-0.39, 0.29) is 12.3 Å². The number of piperazine rings is 1. The molecule has 3 aromatic rings. The molecule has 3 heterocycles. The minimum Gasteiger partial charge on any atom is -0.353 e. The SMILES string of the molecule is O=C(C(Cc1ccccc1)N1C(=O)c2ccccc2C1=O)N1CCN(c2ccccn2)CC1. The summed E-state index contributed by atoms with van der Waals surface area (Å²) in [4.78, 5) is 49.5. The average Bonchev–Trinajstić information content (AvgIpc) is 3.13. The highest BCUT2D eigenvalue weighted by Gasteiger charge is 2.44. The van der Waals surface area contributed by atoms with Crippen LogP contribution in [0.4, 0.5) is 5.82 Å². The molecule has 1 unspecified atom stereocenters. The van der Waals surface area contributed by atoms with Gasteiger partial charge in [-0.15, -0.1) is 0 Å². The molecule has 1 fully saturated rings. The van der Waals surface area contributed by atoms with Crippen LogP contribution in [0.15, 0.2) is 79.0 Å². The Hall–Kier alpha value is -4.00. The van der Waals surface area contributed by atoms with Crippen LogP contribution < -0.4 is 4.90 Å². The van der Waals surface area contributed by atoms with Gasteiger partial charge in [0.25, 0.3) is 11.8 Å². The van der Waals surface area contributed by atoms with Crippen molar-refractivity contribution in [3.05, 3.63) is 95.7 Å². The number of pyridine rings is 1. The van der Waals surface area contributed by atoms with Gasteiger partial charge in [0, 0.05) is 38.8 Å². The predicted molar refractivity (Wildman–Crippen MR) is 124 cm³/mol. The van der Waals surface area contributed by atoms with Crippen molar-refractivity contribution in [1.29, 1.82) is 0 Å². The lowest BCUT2D eigenvalue weighted by molar-refractivity contribution is -0.135. The van der Waals surface area contributed by atoms with Crippen molar-refractivity contribution in [2.24, 2.45) is 0 Å². The third kappa shape index (κ3) is 3.98. The van der Waals surface area contributed by atoms with Gasteiger partial charge in [-0.25, -0.2) is 4.98 Å². The number of benzene rings is 2. The largest absolute Gasteiger partial charge is 0.353 e. The van der Waals surface area contributed by atoms with Crippen LogP contribution in [0.5, 0.6) is 0 Å². The molecule has 2 aliphatic rings. The van der Waals surface area contributed by atoms with Gasteiger partial charge in [0.15, 0.2) is 0 Å². The number of anilines is 1. The second-order valence-electron chi connectivity index (χ2n) is 8.23. The molecule has 33 heavy (non-hydrogen) atoms. The molecule has 0 bridgehead atoms. The molecule has 5 rings (SSSR count). The number of carbonyl (C=O) groups excluding carboxylic acids is 3. The molecule has 0 N–H and O–H groups in total. The summed E-state index contributed by atoms with van der Waals surface area (Å²) >= 11 is 0. The quantitative estimate of drug-likeness (QED) is 0.571. The first-order valence-electron chi connectivity index (χ1n) is 11.1. The number of carbonyl (C=O) groups is 3. The van der Waals surface area contributed by atoms with Crippen molar-refractivity contribution in [2.45, 2.75) is 12.5 Å². The van der Waals surface area contributed by atoms with Crippen LogP contribution in [0.1, 0.15) is 26.3 Å². The highest BCUT2D eigenvalue weighted by molar-refractivity contribution is 6.22. The molecule has 7 heteroatoms. The van der Waals surface area contributed by atoms with Gasteiger partial charge in [-0.3, -0.25) is 19.3 Å². The molecule has 0 radical (unpaired) electrons. The molecule has 2 aromatic carbocycles. The van der Waals surface area contributed by atoms with Gasteiger partial charge in [-0.1, -0.05) is 48.5 Å². The Labute approximate surface area is 192 Å². The van der Waals surface area contributed by atoms with Gasteiger partial charge < -0.3 is 9.80 Å². The van der Waals surface area contributed by atoms with Crippen LogP contribution in [0, 0.1) is 0 Å². The van der Waals surface area contributed by atoms with Gasteiger partial charge >= 0.3 is 0 Å². The zero-order chi connectivity index (χ0) is 22.8. The van der Waals surface area contributed by atoms with E-state index in [0.29, 0.717) is 37.3 Å². The maximum absolute atomic E-state index is 13.7. The molecule has 0 saturated carbocycles. The van der Waals surface area contributed by atoms with E-state index in [1.807, 2.05) is 48.5 Å². The van der Waals surface area contributed by atoms with Crippen LogP contribution in [0.2, 0.25) is 0 Å². The third-order valence-electron chi connectivity index (χ3n) is 6.26. The molecule has 7 nitrogen and oxygen atoms in total. The van der Waals surface area contributed by atoms with E-state index < -0.39 is 17.9 Å². The first kappa shape index (κ1) is 20.9. The lowest BCUT2D eigenvalue weighted by atomic mass is 10.0. The van der Waals surface area contributed by atoms with Crippen LogP contribution in [0.3, 0.4) is 0 Å². The first-order chi connectivity index (χ1) is 16.1. The Morgan fingerprint density at radius 3 is 2.00 bits per heavy atom. The van der Waals surface area contributed by atoms with Gasteiger partial charge in [0.1, 0.15) is 11.9 Å². The summed E-state index contributed by atoms with van der Waals surface area (Å²) in [7, 11) is 0. The van der Waals surface area contributed by atoms with Gasteiger partial charge in [-0.2, -0.15) is 0 Å². The monoisotopic (exact) mass is 440 g/mol. The first-order valence-corrected chi connectivity index (χ1v) is 11.1. The Morgan fingerprint density at radius 1 is 0.788 bits per heavy atom. The third-order valence-corrected chi connectivity index (χ3v) is 6.26.